The standard InChI is InChI=1S/C27H25N3OS/c1-27(20-9-3-2-4-10-20,17-25-30-23-13-7-8-14-24(23)32-25)26(31)28-16-15-19-18-29-22-12-6-5-11-21(19)22/h2-14,18,29H,15-17H2,1H3,(H,28,31). The normalized spacial score (nSPS) is 13.3. The third kappa shape index (κ3) is 3.92. The Bertz CT molecular complexity index is 1340. The van der Waals surface area contributed by atoms with Crippen molar-refractivity contribution in [3.8, 4) is 0 Å². The van der Waals surface area contributed by atoms with E-state index in [2.05, 4.69) is 28.5 Å². The summed E-state index contributed by atoms with van der Waals surface area (Å²) in [6.07, 6.45) is 3.38. The maximum absolute atomic E-state index is 13.5. The van der Waals surface area contributed by atoms with Crippen molar-refractivity contribution < 1.29 is 4.79 Å². The molecular weight excluding hydrogens is 414 g/mol. The molecule has 0 aliphatic heterocycles. The van der Waals surface area contributed by atoms with Crippen LogP contribution in [0.3, 0.4) is 0 Å². The molecule has 160 valence electrons. The maximum atomic E-state index is 13.5. The van der Waals surface area contributed by atoms with Crippen LogP contribution in [0.25, 0.3) is 21.1 Å². The number of aromatic nitrogens is 2. The summed E-state index contributed by atoms with van der Waals surface area (Å²) < 4.78 is 1.15. The molecule has 0 saturated heterocycles. The van der Waals surface area contributed by atoms with Gasteiger partial charge in [-0.05, 0) is 42.7 Å². The molecule has 0 bridgehead atoms. The minimum Gasteiger partial charge on any atom is -0.361 e. The first-order valence-electron chi connectivity index (χ1n) is 10.9. The van der Waals surface area contributed by atoms with Gasteiger partial charge in [-0.3, -0.25) is 4.79 Å². The smallest absolute Gasteiger partial charge is 0.230 e. The highest BCUT2D eigenvalue weighted by Crippen LogP contribution is 2.32. The van der Waals surface area contributed by atoms with Crippen molar-refractivity contribution in [3.63, 3.8) is 0 Å². The number of thiazole rings is 1. The van der Waals surface area contributed by atoms with Crippen molar-refractivity contribution in [3.05, 3.63) is 101 Å². The molecule has 5 heteroatoms. The van der Waals surface area contributed by atoms with Crippen molar-refractivity contribution in [2.24, 2.45) is 0 Å². The van der Waals surface area contributed by atoms with Crippen LogP contribution in [0, 0.1) is 0 Å². The molecule has 0 aliphatic carbocycles. The molecule has 2 heterocycles. The number of hydrogen-bond donors (Lipinski definition) is 2. The van der Waals surface area contributed by atoms with E-state index in [1.807, 2.05) is 73.8 Å². The third-order valence-corrected chi connectivity index (χ3v) is 7.15. The van der Waals surface area contributed by atoms with Gasteiger partial charge < -0.3 is 10.3 Å². The Kier molecular flexibility index (Phi) is 5.50. The molecule has 0 spiro atoms. The van der Waals surface area contributed by atoms with E-state index in [1.165, 1.54) is 10.9 Å². The second-order valence-corrected chi connectivity index (χ2v) is 9.43. The monoisotopic (exact) mass is 439 g/mol. The van der Waals surface area contributed by atoms with E-state index in [0.717, 1.165) is 32.7 Å². The van der Waals surface area contributed by atoms with Crippen LogP contribution in [0.1, 0.15) is 23.1 Å². The van der Waals surface area contributed by atoms with Gasteiger partial charge in [-0.2, -0.15) is 0 Å². The molecule has 0 radical (unpaired) electrons. The fourth-order valence-electron chi connectivity index (χ4n) is 4.26. The van der Waals surface area contributed by atoms with E-state index in [4.69, 9.17) is 4.98 Å². The van der Waals surface area contributed by atoms with Gasteiger partial charge in [0.05, 0.1) is 20.6 Å². The Labute approximate surface area is 191 Å². The van der Waals surface area contributed by atoms with Gasteiger partial charge in [0.1, 0.15) is 0 Å². The van der Waals surface area contributed by atoms with Gasteiger partial charge in [0.2, 0.25) is 5.91 Å². The molecule has 1 unspecified atom stereocenters. The number of rotatable bonds is 7. The van der Waals surface area contributed by atoms with Crippen LogP contribution in [0.2, 0.25) is 0 Å². The first-order valence-corrected chi connectivity index (χ1v) is 11.7. The summed E-state index contributed by atoms with van der Waals surface area (Å²) in [7, 11) is 0. The van der Waals surface area contributed by atoms with Crippen molar-refractivity contribution >= 4 is 38.4 Å². The molecular formula is C27H25N3OS. The van der Waals surface area contributed by atoms with Gasteiger partial charge in [0.25, 0.3) is 0 Å². The number of carbonyl (C=O) groups is 1. The number of para-hydroxylation sites is 2. The summed E-state index contributed by atoms with van der Waals surface area (Å²) in [5, 5.41) is 5.39. The molecule has 5 rings (SSSR count). The number of aromatic amines is 1. The van der Waals surface area contributed by atoms with E-state index in [1.54, 1.807) is 11.3 Å². The Morgan fingerprint density at radius 2 is 1.75 bits per heavy atom. The largest absolute Gasteiger partial charge is 0.361 e. The number of nitrogens with zero attached hydrogens (tertiary/aromatic N) is 1. The fourth-order valence-corrected chi connectivity index (χ4v) is 5.39. The molecule has 0 saturated carbocycles. The summed E-state index contributed by atoms with van der Waals surface area (Å²) in [4.78, 5) is 21.6. The number of fused-ring (bicyclic) bond motifs is 2. The lowest BCUT2D eigenvalue weighted by atomic mass is 9.78. The van der Waals surface area contributed by atoms with Crippen LogP contribution in [-0.2, 0) is 23.1 Å². The van der Waals surface area contributed by atoms with Gasteiger partial charge in [0.15, 0.2) is 0 Å². The fraction of sp³-hybridized carbons (Fsp3) is 0.185. The van der Waals surface area contributed by atoms with Crippen molar-refractivity contribution in [2.75, 3.05) is 6.54 Å². The lowest BCUT2D eigenvalue weighted by Crippen LogP contribution is -2.44. The van der Waals surface area contributed by atoms with E-state index >= 15 is 0 Å². The zero-order chi connectivity index (χ0) is 22.0. The quantitative estimate of drug-likeness (QED) is 0.345. The first-order chi connectivity index (χ1) is 15.6. The van der Waals surface area contributed by atoms with Crippen LogP contribution in [0.4, 0.5) is 0 Å². The average molecular weight is 440 g/mol. The van der Waals surface area contributed by atoms with E-state index < -0.39 is 5.41 Å². The van der Waals surface area contributed by atoms with Crippen LogP contribution in [0.5, 0.6) is 0 Å². The number of H-pyrrole nitrogens is 1. The highest BCUT2D eigenvalue weighted by Gasteiger charge is 2.36. The van der Waals surface area contributed by atoms with Crippen LogP contribution in [0.15, 0.2) is 85.1 Å². The maximum Gasteiger partial charge on any atom is 0.230 e. The summed E-state index contributed by atoms with van der Waals surface area (Å²) >= 11 is 1.66. The van der Waals surface area contributed by atoms with Crippen LogP contribution < -0.4 is 5.32 Å². The zero-order valence-corrected chi connectivity index (χ0v) is 18.8. The van der Waals surface area contributed by atoms with Gasteiger partial charge in [0, 0.05) is 30.1 Å². The Morgan fingerprint density at radius 3 is 2.59 bits per heavy atom. The Balaban J connectivity index is 1.36. The molecule has 2 aromatic heterocycles. The minimum atomic E-state index is -0.699. The van der Waals surface area contributed by atoms with Crippen LogP contribution in [-0.4, -0.2) is 22.4 Å². The second kappa shape index (κ2) is 8.60. The van der Waals surface area contributed by atoms with Gasteiger partial charge >= 0.3 is 0 Å². The molecule has 4 nitrogen and oxygen atoms in total. The number of carbonyl (C=O) groups excluding carboxylic acids is 1. The predicted octanol–water partition coefficient (Wildman–Crippen LogP) is 5.64. The number of amides is 1. The summed E-state index contributed by atoms with van der Waals surface area (Å²) in [5.41, 5.74) is 3.63. The van der Waals surface area contributed by atoms with Crippen molar-refractivity contribution in [1.29, 1.82) is 0 Å². The SMILES string of the molecule is CC(Cc1nc2ccccc2s1)(C(=O)NCCc1c[nH]c2ccccc12)c1ccccc1. The first kappa shape index (κ1) is 20.5. The van der Waals surface area contributed by atoms with E-state index in [0.29, 0.717) is 13.0 Å². The molecule has 5 aromatic rings. The summed E-state index contributed by atoms with van der Waals surface area (Å²) in [6, 6.07) is 26.4. The topological polar surface area (TPSA) is 57.8 Å². The van der Waals surface area contributed by atoms with Crippen LogP contribution >= 0.6 is 11.3 Å². The highest BCUT2D eigenvalue weighted by atomic mass is 32.1. The van der Waals surface area contributed by atoms with Crippen molar-refractivity contribution in [2.45, 2.75) is 25.2 Å². The van der Waals surface area contributed by atoms with Gasteiger partial charge in [-0.15, -0.1) is 11.3 Å². The highest BCUT2D eigenvalue weighted by molar-refractivity contribution is 7.18. The van der Waals surface area contributed by atoms with E-state index in [-0.39, 0.29) is 5.91 Å². The molecule has 3 aromatic carbocycles. The minimum absolute atomic E-state index is 0.0304. The molecule has 0 aliphatic rings. The number of hydrogen-bond acceptors (Lipinski definition) is 3. The molecule has 32 heavy (non-hydrogen) atoms. The predicted molar refractivity (Wildman–Crippen MR) is 132 cm³/mol. The van der Waals surface area contributed by atoms with Crippen molar-refractivity contribution in [1.82, 2.24) is 15.3 Å². The zero-order valence-electron chi connectivity index (χ0n) is 18.0. The Morgan fingerprint density at radius 1 is 1.00 bits per heavy atom. The second-order valence-electron chi connectivity index (χ2n) is 8.32. The lowest BCUT2D eigenvalue weighted by molar-refractivity contribution is -0.126. The van der Waals surface area contributed by atoms with Gasteiger partial charge in [-0.25, -0.2) is 4.98 Å². The molecule has 0 fully saturated rings. The third-order valence-electron chi connectivity index (χ3n) is 6.11. The number of nitrogens with one attached hydrogen (secondary N) is 2. The molecule has 2 N–H and O–H groups in total. The number of benzene rings is 3. The average Bonchev–Trinajstić information content (AvgIpc) is 3.43. The van der Waals surface area contributed by atoms with E-state index in [9.17, 15) is 4.79 Å². The Hall–Kier alpha value is -3.44. The molecule has 1 atom stereocenters. The summed E-state index contributed by atoms with van der Waals surface area (Å²) in [6.45, 7) is 2.61. The lowest BCUT2D eigenvalue weighted by Gasteiger charge is -2.28. The van der Waals surface area contributed by atoms with Gasteiger partial charge in [-0.1, -0.05) is 60.7 Å². The molecule has 1 amide bonds. The summed E-state index contributed by atoms with van der Waals surface area (Å²) in [5.74, 6) is 0.0304.